The van der Waals surface area contributed by atoms with Crippen molar-refractivity contribution in [3.8, 4) is 11.5 Å². The first-order chi connectivity index (χ1) is 14.4. The highest BCUT2D eigenvalue weighted by Gasteiger charge is 2.25. The van der Waals surface area contributed by atoms with Crippen molar-refractivity contribution in [2.24, 2.45) is 11.7 Å². The second-order valence-electron chi connectivity index (χ2n) is 7.54. The van der Waals surface area contributed by atoms with E-state index in [4.69, 9.17) is 15.2 Å². The molecule has 2 heterocycles. The summed E-state index contributed by atoms with van der Waals surface area (Å²) in [4.78, 5) is 34.8. The lowest BCUT2D eigenvalue weighted by Gasteiger charge is -2.32. The number of ether oxygens (including phenoxy) is 2. The van der Waals surface area contributed by atoms with E-state index < -0.39 is 5.91 Å². The number of amides is 2. The largest absolute Gasteiger partial charge is 0.493 e. The van der Waals surface area contributed by atoms with Crippen molar-refractivity contribution in [1.82, 2.24) is 14.9 Å². The lowest BCUT2D eigenvalue weighted by molar-refractivity contribution is -0.131. The van der Waals surface area contributed by atoms with E-state index in [1.54, 1.807) is 21.1 Å². The van der Waals surface area contributed by atoms with Crippen LogP contribution in [0.3, 0.4) is 0 Å². The standard InChI is InChI=1S/C22H28N4O4/c1-14-24-13-17(22(23)28)18(25-14)10-15-6-8-26(9-7-15)21(27)12-16-4-5-19(29-2)20(11-16)30-3/h4-5,11,13,15H,6-10,12H2,1-3H3,(H2,23,28). The van der Waals surface area contributed by atoms with E-state index in [-0.39, 0.29) is 5.91 Å². The van der Waals surface area contributed by atoms with Crippen LogP contribution < -0.4 is 15.2 Å². The van der Waals surface area contributed by atoms with Gasteiger partial charge in [-0.3, -0.25) is 9.59 Å². The Morgan fingerprint density at radius 1 is 1.17 bits per heavy atom. The zero-order chi connectivity index (χ0) is 21.7. The average molecular weight is 412 g/mol. The van der Waals surface area contributed by atoms with Gasteiger partial charge in [0.1, 0.15) is 5.82 Å². The Hall–Kier alpha value is -3.16. The number of piperidine rings is 1. The maximum atomic E-state index is 12.7. The molecule has 1 aromatic carbocycles. The molecule has 3 rings (SSSR count). The summed E-state index contributed by atoms with van der Waals surface area (Å²) in [5.74, 6) is 1.82. The van der Waals surface area contributed by atoms with Crippen LogP contribution in [0.1, 0.15) is 40.3 Å². The van der Waals surface area contributed by atoms with Gasteiger partial charge in [0.15, 0.2) is 11.5 Å². The lowest BCUT2D eigenvalue weighted by atomic mass is 9.90. The molecule has 160 valence electrons. The highest BCUT2D eigenvalue weighted by atomic mass is 16.5. The molecule has 0 unspecified atom stereocenters. The van der Waals surface area contributed by atoms with Crippen LogP contribution in [0.15, 0.2) is 24.4 Å². The van der Waals surface area contributed by atoms with Crippen LogP contribution in [0.5, 0.6) is 11.5 Å². The van der Waals surface area contributed by atoms with Gasteiger partial charge in [-0.1, -0.05) is 6.07 Å². The van der Waals surface area contributed by atoms with Crippen molar-refractivity contribution in [1.29, 1.82) is 0 Å². The van der Waals surface area contributed by atoms with E-state index in [9.17, 15) is 9.59 Å². The van der Waals surface area contributed by atoms with Crippen LogP contribution in [0.25, 0.3) is 0 Å². The van der Waals surface area contributed by atoms with Gasteiger partial charge >= 0.3 is 0 Å². The second kappa shape index (κ2) is 9.56. The molecule has 1 aliphatic rings. The predicted octanol–water partition coefficient (Wildman–Crippen LogP) is 1.92. The first-order valence-electron chi connectivity index (χ1n) is 10.0. The Kier molecular flexibility index (Phi) is 6.87. The van der Waals surface area contributed by atoms with Crippen LogP contribution in [0.4, 0.5) is 0 Å². The van der Waals surface area contributed by atoms with E-state index in [0.717, 1.165) is 18.4 Å². The number of benzene rings is 1. The third-order valence-electron chi connectivity index (χ3n) is 5.51. The number of likely N-dealkylation sites (tertiary alicyclic amines) is 1. The van der Waals surface area contributed by atoms with Crippen molar-refractivity contribution in [3.05, 3.63) is 47.0 Å². The summed E-state index contributed by atoms with van der Waals surface area (Å²) in [6.45, 7) is 3.17. The van der Waals surface area contributed by atoms with Crippen molar-refractivity contribution in [3.63, 3.8) is 0 Å². The molecule has 0 bridgehead atoms. The molecule has 0 radical (unpaired) electrons. The van der Waals surface area contributed by atoms with E-state index in [1.165, 1.54) is 6.20 Å². The van der Waals surface area contributed by atoms with Gasteiger partial charge in [-0.2, -0.15) is 0 Å². The third kappa shape index (κ3) is 5.06. The first kappa shape index (κ1) is 21.5. The molecule has 1 aliphatic heterocycles. The lowest BCUT2D eigenvalue weighted by Crippen LogP contribution is -2.39. The Bertz CT molecular complexity index is 923. The Morgan fingerprint density at radius 3 is 2.50 bits per heavy atom. The smallest absolute Gasteiger partial charge is 0.252 e. The van der Waals surface area contributed by atoms with Crippen LogP contribution in [0, 0.1) is 12.8 Å². The fraction of sp³-hybridized carbons (Fsp3) is 0.455. The monoisotopic (exact) mass is 412 g/mol. The zero-order valence-corrected chi connectivity index (χ0v) is 17.7. The quantitative estimate of drug-likeness (QED) is 0.744. The molecule has 1 fully saturated rings. The summed E-state index contributed by atoms with van der Waals surface area (Å²) >= 11 is 0. The van der Waals surface area contributed by atoms with Crippen LogP contribution in [-0.2, 0) is 17.6 Å². The zero-order valence-electron chi connectivity index (χ0n) is 17.7. The molecule has 8 heteroatoms. The summed E-state index contributed by atoms with van der Waals surface area (Å²) in [7, 11) is 3.17. The Labute approximate surface area is 176 Å². The van der Waals surface area contributed by atoms with E-state index in [0.29, 0.717) is 60.4 Å². The van der Waals surface area contributed by atoms with Gasteiger partial charge in [0, 0.05) is 19.3 Å². The number of primary amides is 1. The van der Waals surface area contributed by atoms with Crippen molar-refractivity contribution in [2.75, 3.05) is 27.3 Å². The normalized spacial score (nSPS) is 14.4. The predicted molar refractivity (Wildman–Crippen MR) is 112 cm³/mol. The minimum absolute atomic E-state index is 0.0939. The third-order valence-corrected chi connectivity index (χ3v) is 5.51. The molecule has 2 N–H and O–H groups in total. The van der Waals surface area contributed by atoms with E-state index in [1.807, 2.05) is 23.1 Å². The highest BCUT2D eigenvalue weighted by molar-refractivity contribution is 5.93. The van der Waals surface area contributed by atoms with Gasteiger partial charge in [0.25, 0.3) is 5.91 Å². The van der Waals surface area contributed by atoms with E-state index >= 15 is 0 Å². The van der Waals surface area contributed by atoms with Crippen LogP contribution >= 0.6 is 0 Å². The molecule has 8 nitrogen and oxygen atoms in total. The molecular weight excluding hydrogens is 384 g/mol. The number of aryl methyl sites for hydroxylation is 1. The Balaban J connectivity index is 1.57. The van der Waals surface area contributed by atoms with Gasteiger partial charge in [0.05, 0.1) is 31.9 Å². The molecule has 0 spiro atoms. The Morgan fingerprint density at radius 2 is 1.87 bits per heavy atom. The maximum Gasteiger partial charge on any atom is 0.252 e. The molecule has 0 aliphatic carbocycles. The molecule has 0 atom stereocenters. The van der Waals surface area contributed by atoms with Crippen molar-refractivity contribution >= 4 is 11.8 Å². The molecule has 1 saturated heterocycles. The van der Waals surface area contributed by atoms with Crippen molar-refractivity contribution in [2.45, 2.75) is 32.6 Å². The number of hydrogen-bond acceptors (Lipinski definition) is 6. The van der Waals surface area contributed by atoms with Crippen LogP contribution in [-0.4, -0.2) is 54.0 Å². The minimum atomic E-state index is -0.507. The fourth-order valence-electron chi connectivity index (χ4n) is 3.82. The fourth-order valence-corrected chi connectivity index (χ4v) is 3.82. The summed E-state index contributed by atoms with van der Waals surface area (Å²) in [6, 6.07) is 5.54. The number of hydrogen-bond donors (Lipinski definition) is 1. The van der Waals surface area contributed by atoms with Gasteiger partial charge in [-0.25, -0.2) is 9.97 Å². The molecular formula is C22H28N4O4. The average Bonchev–Trinajstić information content (AvgIpc) is 2.74. The summed E-state index contributed by atoms with van der Waals surface area (Å²) in [5.41, 5.74) is 7.43. The summed E-state index contributed by atoms with van der Waals surface area (Å²) < 4.78 is 10.6. The number of nitrogens with zero attached hydrogens (tertiary/aromatic N) is 3. The molecule has 2 amide bonds. The highest BCUT2D eigenvalue weighted by Crippen LogP contribution is 2.28. The first-order valence-corrected chi connectivity index (χ1v) is 10.0. The number of rotatable bonds is 7. The number of aromatic nitrogens is 2. The molecule has 30 heavy (non-hydrogen) atoms. The van der Waals surface area contributed by atoms with E-state index in [2.05, 4.69) is 9.97 Å². The molecule has 1 aromatic heterocycles. The molecule has 2 aromatic rings. The number of methoxy groups -OCH3 is 2. The summed E-state index contributed by atoms with van der Waals surface area (Å²) in [6.07, 6.45) is 4.21. The van der Waals surface area contributed by atoms with Gasteiger partial charge in [0.2, 0.25) is 5.91 Å². The van der Waals surface area contributed by atoms with Gasteiger partial charge < -0.3 is 20.1 Å². The number of carbonyl (C=O) groups excluding carboxylic acids is 2. The maximum absolute atomic E-state index is 12.7. The molecule has 0 saturated carbocycles. The minimum Gasteiger partial charge on any atom is -0.493 e. The SMILES string of the molecule is COc1ccc(CC(=O)N2CCC(Cc3nc(C)ncc3C(N)=O)CC2)cc1OC. The summed E-state index contributed by atoms with van der Waals surface area (Å²) in [5, 5.41) is 0. The van der Waals surface area contributed by atoms with Gasteiger partial charge in [-0.15, -0.1) is 0 Å². The van der Waals surface area contributed by atoms with Crippen LogP contribution in [0.2, 0.25) is 0 Å². The van der Waals surface area contributed by atoms with Gasteiger partial charge in [-0.05, 0) is 49.8 Å². The topological polar surface area (TPSA) is 108 Å². The van der Waals surface area contributed by atoms with Crippen molar-refractivity contribution < 1.29 is 19.1 Å². The number of carbonyl (C=O) groups is 2. The number of nitrogens with two attached hydrogens (primary N) is 1. The second-order valence-corrected chi connectivity index (χ2v) is 7.54.